The van der Waals surface area contributed by atoms with E-state index in [4.69, 9.17) is 11.6 Å². The van der Waals surface area contributed by atoms with E-state index in [1.165, 1.54) is 0 Å². The number of anilines is 2. The van der Waals surface area contributed by atoms with Gasteiger partial charge in [-0.15, -0.1) is 0 Å². The lowest BCUT2D eigenvalue weighted by atomic mass is 10.00. The van der Waals surface area contributed by atoms with E-state index in [-0.39, 0.29) is 23.4 Å². The highest BCUT2D eigenvalue weighted by Crippen LogP contribution is 2.34. The van der Waals surface area contributed by atoms with Crippen molar-refractivity contribution in [2.24, 2.45) is 0 Å². The largest absolute Gasteiger partial charge is 0.370 e. The summed E-state index contributed by atoms with van der Waals surface area (Å²) in [5.74, 6) is 0.773. The Kier molecular flexibility index (Phi) is 3.71. The van der Waals surface area contributed by atoms with Crippen molar-refractivity contribution < 1.29 is 4.79 Å². The molecule has 0 fully saturated rings. The minimum atomic E-state index is -0.241. The Morgan fingerprint density at radius 3 is 2.89 bits per heavy atom. The second kappa shape index (κ2) is 5.10. The standard InChI is InChI=1S/C12H17ClN4O/c1-4-10-9(6-18)15-8-5-14-12(13)16-11(8)17(10)7(2)3/h5-7,9-10,15H,4H2,1-3H3. The summed E-state index contributed by atoms with van der Waals surface area (Å²) in [4.78, 5) is 21.6. The number of carbonyl (C=O) groups is 1. The molecule has 2 rings (SSSR count). The molecule has 2 unspecified atom stereocenters. The third-order valence-corrected chi connectivity index (χ3v) is 3.38. The Bertz CT molecular complexity index is 452. The van der Waals surface area contributed by atoms with Crippen LogP contribution in [-0.2, 0) is 4.79 Å². The fourth-order valence-electron chi connectivity index (χ4n) is 2.46. The van der Waals surface area contributed by atoms with Crippen LogP contribution < -0.4 is 10.2 Å². The van der Waals surface area contributed by atoms with Crippen molar-refractivity contribution in [3.63, 3.8) is 0 Å². The maximum absolute atomic E-state index is 11.2. The zero-order chi connectivity index (χ0) is 13.3. The zero-order valence-electron chi connectivity index (χ0n) is 10.7. The number of rotatable bonds is 3. The summed E-state index contributed by atoms with van der Waals surface area (Å²) >= 11 is 5.86. The van der Waals surface area contributed by atoms with Gasteiger partial charge in [-0.2, -0.15) is 4.98 Å². The fourth-order valence-corrected chi connectivity index (χ4v) is 2.59. The van der Waals surface area contributed by atoms with Crippen molar-refractivity contribution in [1.82, 2.24) is 9.97 Å². The van der Waals surface area contributed by atoms with Crippen LogP contribution in [-0.4, -0.2) is 34.4 Å². The molecule has 0 saturated carbocycles. The molecule has 0 spiro atoms. The molecule has 2 atom stereocenters. The van der Waals surface area contributed by atoms with Crippen LogP contribution in [0.25, 0.3) is 0 Å². The maximum atomic E-state index is 11.2. The Hall–Kier alpha value is -1.36. The SMILES string of the molecule is CCC1C(C=O)Nc2cnc(Cl)nc2N1C(C)C. The van der Waals surface area contributed by atoms with E-state index in [0.717, 1.165) is 24.2 Å². The predicted molar refractivity (Wildman–Crippen MR) is 72.2 cm³/mol. The van der Waals surface area contributed by atoms with Crippen molar-refractivity contribution in [1.29, 1.82) is 0 Å². The van der Waals surface area contributed by atoms with Crippen molar-refractivity contribution in [3.8, 4) is 0 Å². The molecule has 1 aliphatic rings. The lowest BCUT2D eigenvalue weighted by molar-refractivity contribution is -0.108. The van der Waals surface area contributed by atoms with Crippen LogP contribution >= 0.6 is 11.6 Å². The first-order valence-electron chi connectivity index (χ1n) is 6.11. The van der Waals surface area contributed by atoms with Gasteiger partial charge in [0.1, 0.15) is 12.3 Å². The zero-order valence-corrected chi connectivity index (χ0v) is 11.5. The molecule has 18 heavy (non-hydrogen) atoms. The highest BCUT2D eigenvalue weighted by molar-refractivity contribution is 6.28. The van der Waals surface area contributed by atoms with Crippen LogP contribution in [0.4, 0.5) is 11.5 Å². The molecular formula is C12H17ClN4O. The van der Waals surface area contributed by atoms with Gasteiger partial charge in [0, 0.05) is 6.04 Å². The van der Waals surface area contributed by atoms with Gasteiger partial charge in [-0.25, -0.2) is 4.98 Å². The second-order valence-corrected chi connectivity index (χ2v) is 5.00. The molecule has 98 valence electrons. The second-order valence-electron chi connectivity index (χ2n) is 4.66. The molecule has 0 saturated heterocycles. The van der Waals surface area contributed by atoms with E-state index in [2.05, 4.69) is 41.0 Å². The number of aromatic nitrogens is 2. The number of fused-ring (bicyclic) bond motifs is 1. The molecule has 5 nitrogen and oxygen atoms in total. The molecule has 0 bridgehead atoms. The maximum Gasteiger partial charge on any atom is 0.224 e. The van der Waals surface area contributed by atoms with Crippen molar-refractivity contribution in [3.05, 3.63) is 11.5 Å². The van der Waals surface area contributed by atoms with Crippen LogP contribution in [0, 0.1) is 0 Å². The van der Waals surface area contributed by atoms with Crippen LogP contribution in [0.3, 0.4) is 0 Å². The number of hydrogen-bond acceptors (Lipinski definition) is 5. The third kappa shape index (κ3) is 2.14. The topological polar surface area (TPSA) is 58.1 Å². The first-order chi connectivity index (χ1) is 8.58. The van der Waals surface area contributed by atoms with Crippen LogP contribution in [0.5, 0.6) is 0 Å². The molecular weight excluding hydrogens is 252 g/mol. The van der Waals surface area contributed by atoms with Crippen LogP contribution in [0.2, 0.25) is 5.28 Å². The predicted octanol–water partition coefficient (Wildman–Crippen LogP) is 2.12. The van der Waals surface area contributed by atoms with Crippen molar-refractivity contribution in [2.75, 3.05) is 10.2 Å². The van der Waals surface area contributed by atoms with Gasteiger partial charge < -0.3 is 15.0 Å². The molecule has 0 aliphatic carbocycles. The monoisotopic (exact) mass is 268 g/mol. The summed E-state index contributed by atoms with van der Waals surface area (Å²) in [5.41, 5.74) is 0.759. The smallest absolute Gasteiger partial charge is 0.224 e. The number of carbonyl (C=O) groups excluding carboxylic acids is 1. The molecule has 2 heterocycles. The summed E-state index contributed by atoms with van der Waals surface area (Å²) in [6.07, 6.45) is 3.43. The first-order valence-corrected chi connectivity index (χ1v) is 6.49. The van der Waals surface area contributed by atoms with Gasteiger partial charge in [0.05, 0.1) is 17.9 Å². The van der Waals surface area contributed by atoms with Gasteiger partial charge in [-0.3, -0.25) is 0 Å². The van der Waals surface area contributed by atoms with Gasteiger partial charge in [0.25, 0.3) is 0 Å². The summed E-state index contributed by atoms with van der Waals surface area (Å²) in [6.45, 7) is 6.22. The van der Waals surface area contributed by atoms with E-state index in [1.54, 1.807) is 6.20 Å². The highest BCUT2D eigenvalue weighted by Gasteiger charge is 2.35. The normalized spacial score (nSPS) is 22.6. The van der Waals surface area contributed by atoms with Crippen LogP contribution in [0.15, 0.2) is 6.20 Å². The lowest BCUT2D eigenvalue weighted by Crippen LogP contribution is -2.54. The van der Waals surface area contributed by atoms with E-state index in [0.29, 0.717) is 0 Å². The van der Waals surface area contributed by atoms with Crippen LogP contribution in [0.1, 0.15) is 27.2 Å². The molecule has 1 aromatic heterocycles. The molecule has 0 aromatic carbocycles. The van der Waals surface area contributed by atoms with Crippen molar-refractivity contribution >= 4 is 29.4 Å². The summed E-state index contributed by atoms with van der Waals surface area (Å²) in [5, 5.41) is 3.39. The fraction of sp³-hybridized carbons (Fsp3) is 0.583. The summed E-state index contributed by atoms with van der Waals surface area (Å²) in [7, 11) is 0. The van der Waals surface area contributed by atoms with Crippen molar-refractivity contribution in [2.45, 2.75) is 45.3 Å². The molecule has 0 amide bonds. The minimum Gasteiger partial charge on any atom is -0.370 e. The van der Waals surface area contributed by atoms with E-state index < -0.39 is 0 Å². The van der Waals surface area contributed by atoms with Gasteiger partial charge in [-0.1, -0.05) is 6.92 Å². The average Bonchev–Trinajstić information content (AvgIpc) is 2.35. The first kappa shape index (κ1) is 13.1. The van der Waals surface area contributed by atoms with Gasteiger partial charge in [0.2, 0.25) is 5.28 Å². The number of hydrogen-bond donors (Lipinski definition) is 1. The summed E-state index contributed by atoms with van der Waals surface area (Å²) in [6, 6.07) is 0.0832. The number of nitrogens with zero attached hydrogens (tertiary/aromatic N) is 3. The Balaban J connectivity index is 2.51. The Morgan fingerprint density at radius 1 is 1.61 bits per heavy atom. The molecule has 6 heteroatoms. The van der Waals surface area contributed by atoms with Gasteiger partial charge >= 0.3 is 0 Å². The lowest BCUT2D eigenvalue weighted by Gasteiger charge is -2.43. The quantitative estimate of drug-likeness (QED) is 0.672. The van der Waals surface area contributed by atoms with Gasteiger partial charge in [-0.05, 0) is 31.9 Å². The van der Waals surface area contributed by atoms with E-state index in [9.17, 15) is 4.79 Å². The number of halogens is 1. The minimum absolute atomic E-state index is 0.0842. The Labute approximate surface area is 112 Å². The third-order valence-electron chi connectivity index (χ3n) is 3.20. The molecule has 1 aliphatic heterocycles. The molecule has 0 radical (unpaired) electrons. The van der Waals surface area contributed by atoms with E-state index in [1.807, 2.05) is 0 Å². The summed E-state index contributed by atoms with van der Waals surface area (Å²) < 4.78 is 0. The number of aldehydes is 1. The van der Waals surface area contributed by atoms with Gasteiger partial charge in [0.15, 0.2) is 5.82 Å². The Morgan fingerprint density at radius 2 is 2.33 bits per heavy atom. The molecule has 1 aromatic rings. The molecule has 1 N–H and O–H groups in total. The average molecular weight is 269 g/mol. The number of nitrogens with one attached hydrogen (secondary N) is 1. The highest BCUT2D eigenvalue weighted by atomic mass is 35.5. The van der Waals surface area contributed by atoms with E-state index >= 15 is 0 Å².